The number of phenols is 2. The van der Waals surface area contributed by atoms with Crippen LogP contribution >= 0.6 is 12.2 Å². The largest absolute Gasteiger partial charge is 0.508 e. The van der Waals surface area contributed by atoms with E-state index in [0.29, 0.717) is 22.6 Å². The Hall–Kier alpha value is -3.13. The van der Waals surface area contributed by atoms with Crippen molar-refractivity contribution < 1.29 is 10.2 Å². The van der Waals surface area contributed by atoms with Crippen LogP contribution in [0.2, 0.25) is 0 Å². The third-order valence-electron chi connectivity index (χ3n) is 4.67. The monoisotopic (exact) mass is 411 g/mol. The van der Waals surface area contributed by atoms with Gasteiger partial charge in [-0.1, -0.05) is 6.92 Å². The van der Waals surface area contributed by atoms with Gasteiger partial charge in [0.1, 0.15) is 11.5 Å². The van der Waals surface area contributed by atoms with Gasteiger partial charge < -0.3 is 15.5 Å². The van der Waals surface area contributed by atoms with Gasteiger partial charge in [-0.2, -0.15) is 5.10 Å². The average Bonchev–Trinajstić information content (AvgIpc) is 3.05. The number of nitrogens with zero attached hydrogens (tertiary/aromatic N) is 3. The predicted molar refractivity (Wildman–Crippen MR) is 119 cm³/mol. The number of amidine groups is 1. The highest BCUT2D eigenvalue weighted by Gasteiger charge is 2.17. The number of hydrogen-bond acceptors (Lipinski definition) is 5. The van der Waals surface area contributed by atoms with Crippen LogP contribution in [0.4, 0.5) is 5.69 Å². The zero-order valence-corrected chi connectivity index (χ0v) is 17.8. The molecule has 0 amide bonds. The van der Waals surface area contributed by atoms with Crippen molar-refractivity contribution in [3.8, 4) is 28.6 Å². The van der Waals surface area contributed by atoms with Crippen molar-refractivity contribution in [2.75, 3.05) is 11.9 Å². The van der Waals surface area contributed by atoms with Gasteiger partial charge in [-0.15, -0.1) is 0 Å². The van der Waals surface area contributed by atoms with Crippen molar-refractivity contribution in [3.63, 3.8) is 0 Å². The zero-order valence-electron chi connectivity index (χ0n) is 16.9. The predicted octanol–water partition coefficient (Wildman–Crippen LogP) is 4.73. The van der Waals surface area contributed by atoms with E-state index in [0.717, 1.165) is 34.9 Å². The van der Waals surface area contributed by atoms with E-state index in [1.54, 1.807) is 10.6 Å². The molecule has 0 aliphatic carbocycles. The highest BCUT2D eigenvalue weighted by Crippen LogP contribution is 2.35. The molecular weight excluding hydrogens is 386 g/mol. The maximum absolute atomic E-state index is 10.4. The van der Waals surface area contributed by atoms with E-state index < -0.39 is 0 Å². The minimum atomic E-state index is -0.0589. The Morgan fingerprint density at radius 3 is 2.62 bits per heavy atom. The lowest BCUT2D eigenvalue weighted by Crippen LogP contribution is -2.09. The lowest BCUT2D eigenvalue weighted by molar-refractivity contribution is 0.447. The molecule has 7 nitrogen and oxygen atoms in total. The number of aliphatic imine (C=N–C) groups is 1. The van der Waals surface area contributed by atoms with E-state index >= 15 is 0 Å². The molecule has 2 aromatic carbocycles. The normalized spacial score (nSPS) is 11.7. The summed E-state index contributed by atoms with van der Waals surface area (Å²) in [5.74, 6) is 1.33. The second kappa shape index (κ2) is 8.48. The second-order valence-corrected chi connectivity index (χ2v) is 7.11. The number of aromatic hydroxyl groups is 2. The molecule has 0 bridgehead atoms. The quantitative estimate of drug-likeness (QED) is 0.276. The summed E-state index contributed by atoms with van der Waals surface area (Å²) in [5, 5.41) is 30.8. The molecule has 0 saturated heterocycles. The van der Waals surface area contributed by atoms with Crippen LogP contribution in [0, 0.1) is 11.7 Å². The van der Waals surface area contributed by atoms with Crippen molar-refractivity contribution in [3.05, 3.63) is 46.2 Å². The molecule has 0 fully saturated rings. The van der Waals surface area contributed by atoms with Crippen molar-refractivity contribution in [1.29, 1.82) is 0 Å². The molecule has 0 unspecified atom stereocenters. The van der Waals surface area contributed by atoms with E-state index in [2.05, 4.69) is 20.5 Å². The molecule has 0 aliphatic rings. The molecule has 0 radical (unpaired) electrons. The van der Waals surface area contributed by atoms with Crippen LogP contribution in [-0.2, 0) is 6.42 Å². The number of H-pyrrole nitrogens is 1. The number of rotatable bonds is 5. The molecular formula is C21H25N5O2S. The van der Waals surface area contributed by atoms with Crippen LogP contribution in [0.25, 0.3) is 17.1 Å². The van der Waals surface area contributed by atoms with Crippen LogP contribution in [0.3, 0.4) is 0 Å². The summed E-state index contributed by atoms with van der Waals surface area (Å²) < 4.78 is 2.18. The molecule has 0 saturated carbocycles. The minimum Gasteiger partial charge on any atom is -0.508 e. The van der Waals surface area contributed by atoms with E-state index in [4.69, 9.17) is 12.2 Å². The molecule has 29 heavy (non-hydrogen) atoms. The molecule has 3 rings (SSSR count). The van der Waals surface area contributed by atoms with Crippen LogP contribution in [0.1, 0.15) is 31.9 Å². The maximum atomic E-state index is 10.4. The first kappa shape index (κ1) is 20.6. The summed E-state index contributed by atoms with van der Waals surface area (Å²) >= 11 is 5.44. The van der Waals surface area contributed by atoms with Gasteiger partial charge in [0.25, 0.3) is 0 Å². The number of aromatic amines is 1. The van der Waals surface area contributed by atoms with Gasteiger partial charge >= 0.3 is 0 Å². The maximum Gasteiger partial charge on any atom is 0.200 e. The third-order valence-corrected chi connectivity index (χ3v) is 4.94. The highest BCUT2D eigenvalue weighted by molar-refractivity contribution is 7.71. The minimum absolute atomic E-state index is 0.0589. The smallest absolute Gasteiger partial charge is 0.200 e. The number of nitrogens with one attached hydrogen (secondary N) is 2. The molecule has 1 heterocycles. The highest BCUT2D eigenvalue weighted by atomic mass is 32.1. The Labute approximate surface area is 174 Å². The van der Waals surface area contributed by atoms with E-state index in [1.165, 1.54) is 6.07 Å². The Morgan fingerprint density at radius 1 is 1.21 bits per heavy atom. The third kappa shape index (κ3) is 4.17. The summed E-state index contributed by atoms with van der Waals surface area (Å²) in [5.41, 5.74) is 4.02. The molecule has 1 aromatic heterocycles. The average molecular weight is 412 g/mol. The number of anilines is 1. The standard InChI is InChI=1S/C21H25N5O2S/c1-5-14-10-16(19(28)11-18(14)27)20-24-25-21(29)26(20)15-7-8-17(12(3)9-15)23-13(4)22-6-2/h7-11,27-28H,5-6H2,1-4H3,(H,22,23)(H,25,29). The first-order valence-electron chi connectivity index (χ1n) is 9.47. The van der Waals surface area contributed by atoms with Gasteiger partial charge in [0.15, 0.2) is 10.6 Å². The van der Waals surface area contributed by atoms with E-state index in [9.17, 15) is 10.2 Å². The number of phenolic OH excluding ortho intramolecular Hbond substituents is 2. The molecule has 0 aliphatic heterocycles. The summed E-state index contributed by atoms with van der Waals surface area (Å²) in [7, 11) is 0. The molecule has 4 N–H and O–H groups in total. The lowest BCUT2D eigenvalue weighted by Gasteiger charge is -2.14. The molecule has 8 heteroatoms. The first-order valence-corrected chi connectivity index (χ1v) is 9.88. The summed E-state index contributed by atoms with van der Waals surface area (Å²) in [6.45, 7) is 8.58. The molecule has 0 atom stereocenters. The molecule has 0 spiro atoms. The number of hydrogen-bond donors (Lipinski definition) is 4. The molecule has 3 aromatic rings. The molecule has 152 valence electrons. The Bertz CT molecular complexity index is 1130. The van der Waals surface area contributed by atoms with Gasteiger partial charge in [-0.05, 0) is 74.8 Å². The lowest BCUT2D eigenvalue weighted by atomic mass is 10.1. The van der Waals surface area contributed by atoms with Crippen LogP contribution in [-0.4, -0.2) is 37.4 Å². The van der Waals surface area contributed by atoms with Crippen LogP contribution < -0.4 is 5.32 Å². The first-order chi connectivity index (χ1) is 13.8. The van der Waals surface area contributed by atoms with Crippen molar-refractivity contribution in [2.45, 2.75) is 34.1 Å². The Balaban J connectivity index is 2.09. The van der Waals surface area contributed by atoms with Gasteiger partial charge in [0.05, 0.1) is 17.1 Å². The van der Waals surface area contributed by atoms with Crippen LogP contribution in [0.5, 0.6) is 11.5 Å². The second-order valence-electron chi connectivity index (χ2n) is 6.72. The van der Waals surface area contributed by atoms with Crippen molar-refractivity contribution >= 4 is 23.7 Å². The topological polar surface area (TPSA) is 98.5 Å². The number of aryl methyl sites for hydroxylation is 2. The summed E-state index contributed by atoms with van der Waals surface area (Å²) in [4.78, 5) is 4.35. The Morgan fingerprint density at radius 2 is 1.97 bits per heavy atom. The van der Waals surface area contributed by atoms with Crippen LogP contribution in [0.15, 0.2) is 35.3 Å². The number of aromatic nitrogens is 3. The van der Waals surface area contributed by atoms with Gasteiger partial charge in [0.2, 0.25) is 0 Å². The van der Waals surface area contributed by atoms with Gasteiger partial charge in [-0.3, -0.25) is 14.7 Å². The van der Waals surface area contributed by atoms with Crippen molar-refractivity contribution in [1.82, 2.24) is 14.8 Å². The fourth-order valence-corrected chi connectivity index (χ4v) is 3.44. The van der Waals surface area contributed by atoms with Gasteiger partial charge in [-0.25, -0.2) is 0 Å². The SMILES string of the molecule is CCN=C(C)Nc1ccc(-n2c(-c3cc(CC)c(O)cc3O)n[nH]c2=S)cc1C. The van der Waals surface area contributed by atoms with Crippen molar-refractivity contribution in [2.24, 2.45) is 4.99 Å². The van der Waals surface area contributed by atoms with E-state index in [-0.39, 0.29) is 11.5 Å². The summed E-state index contributed by atoms with van der Waals surface area (Å²) in [6.07, 6.45) is 0.627. The Kier molecular flexibility index (Phi) is 6.03. The van der Waals surface area contributed by atoms with E-state index in [1.807, 2.05) is 45.9 Å². The van der Waals surface area contributed by atoms with Gasteiger partial charge in [0, 0.05) is 18.3 Å². The fourth-order valence-electron chi connectivity index (χ4n) is 3.20. The fraction of sp³-hybridized carbons (Fsp3) is 0.286. The zero-order chi connectivity index (χ0) is 21.1. The summed E-state index contributed by atoms with van der Waals surface area (Å²) in [6, 6.07) is 8.96. The number of benzene rings is 2.